The largest absolute Gasteiger partial charge is 0.366 e. The Kier molecular flexibility index (Phi) is 4.01. The number of hydrogen-bond donors (Lipinski definition) is 1. The molecule has 114 valence electrons. The minimum atomic E-state index is -0.539. The Morgan fingerprint density at radius 3 is 2.43 bits per heavy atom. The van der Waals surface area contributed by atoms with Crippen molar-refractivity contribution in [2.75, 3.05) is 0 Å². The van der Waals surface area contributed by atoms with E-state index < -0.39 is 5.91 Å². The topological polar surface area (TPSA) is 60.9 Å². The van der Waals surface area contributed by atoms with Crippen LogP contribution in [0.2, 0.25) is 0 Å². The van der Waals surface area contributed by atoms with Crippen LogP contribution in [0.15, 0.2) is 66.9 Å². The summed E-state index contributed by atoms with van der Waals surface area (Å²) in [4.78, 5) is 11.0. The lowest BCUT2D eigenvalue weighted by Gasteiger charge is -2.00. The zero-order valence-corrected chi connectivity index (χ0v) is 12.2. The van der Waals surface area contributed by atoms with Crippen LogP contribution in [-0.2, 0) is 4.79 Å². The number of nitrogens with zero attached hydrogens (tertiary/aromatic N) is 2. The molecule has 0 aliphatic rings. The van der Waals surface area contributed by atoms with Crippen LogP contribution in [0.5, 0.6) is 0 Å². The first kappa shape index (κ1) is 14.7. The van der Waals surface area contributed by atoms with Gasteiger partial charge in [-0.2, -0.15) is 5.10 Å². The molecule has 23 heavy (non-hydrogen) atoms. The quantitative estimate of drug-likeness (QED) is 0.753. The van der Waals surface area contributed by atoms with Crippen molar-refractivity contribution in [2.24, 2.45) is 5.73 Å². The molecule has 0 radical (unpaired) electrons. The Morgan fingerprint density at radius 1 is 1.09 bits per heavy atom. The fourth-order valence-electron chi connectivity index (χ4n) is 2.23. The third kappa shape index (κ3) is 3.35. The first-order valence-corrected chi connectivity index (χ1v) is 7.02. The Morgan fingerprint density at radius 2 is 1.78 bits per heavy atom. The molecule has 0 saturated heterocycles. The summed E-state index contributed by atoms with van der Waals surface area (Å²) in [5.41, 5.74) is 8.17. The van der Waals surface area contributed by atoms with Gasteiger partial charge in [-0.3, -0.25) is 4.79 Å². The number of halogens is 1. The highest BCUT2D eigenvalue weighted by Gasteiger charge is 2.10. The van der Waals surface area contributed by atoms with Crippen molar-refractivity contribution in [3.05, 3.63) is 78.3 Å². The predicted molar refractivity (Wildman–Crippen MR) is 87.2 cm³/mol. The van der Waals surface area contributed by atoms with E-state index in [1.54, 1.807) is 29.1 Å². The van der Waals surface area contributed by atoms with E-state index in [4.69, 9.17) is 5.73 Å². The number of primary amides is 1. The minimum absolute atomic E-state index is 0.314. The molecular weight excluding hydrogens is 293 g/mol. The number of carbonyl (C=O) groups excluding carboxylic acids is 1. The van der Waals surface area contributed by atoms with Crippen molar-refractivity contribution in [1.29, 1.82) is 0 Å². The summed E-state index contributed by atoms with van der Waals surface area (Å²) >= 11 is 0. The minimum Gasteiger partial charge on any atom is -0.366 e. The van der Waals surface area contributed by atoms with Crippen molar-refractivity contribution in [1.82, 2.24) is 9.78 Å². The summed E-state index contributed by atoms with van der Waals surface area (Å²) in [5, 5.41) is 4.55. The first-order chi connectivity index (χ1) is 11.1. The standard InChI is InChI=1S/C18H14FN3O/c19-15-9-6-13(7-10-15)18-14(8-11-17(20)23)12-22(21-18)16-4-2-1-3-5-16/h1-12H,(H2,20,23)/b11-8+. The van der Waals surface area contributed by atoms with Crippen LogP contribution in [0.1, 0.15) is 5.56 Å². The van der Waals surface area contributed by atoms with Gasteiger partial charge in [0.05, 0.1) is 11.4 Å². The normalized spacial score (nSPS) is 11.0. The maximum Gasteiger partial charge on any atom is 0.241 e. The number of aromatic nitrogens is 2. The van der Waals surface area contributed by atoms with Crippen LogP contribution in [-0.4, -0.2) is 15.7 Å². The smallest absolute Gasteiger partial charge is 0.241 e. The van der Waals surface area contributed by atoms with Gasteiger partial charge in [0, 0.05) is 23.4 Å². The number of hydrogen-bond acceptors (Lipinski definition) is 2. The van der Waals surface area contributed by atoms with Gasteiger partial charge in [-0.15, -0.1) is 0 Å². The molecule has 0 spiro atoms. The van der Waals surface area contributed by atoms with E-state index in [1.165, 1.54) is 18.2 Å². The number of para-hydroxylation sites is 1. The third-order valence-electron chi connectivity index (χ3n) is 3.31. The van der Waals surface area contributed by atoms with Crippen molar-refractivity contribution in [3.63, 3.8) is 0 Å². The summed E-state index contributed by atoms with van der Waals surface area (Å²) in [6.07, 6.45) is 4.68. The zero-order valence-electron chi connectivity index (χ0n) is 12.2. The fraction of sp³-hybridized carbons (Fsp3) is 0. The molecule has 2 N–H and O–H groups in total. The van der Waals surface area contributed by atoms with E-state index in [2.05, 4.69) is 5.10 Å². The maximum atomic E-state index is 13.1. The van der Waals surface area contributed by atoms with E-state index >= 15 is 0 Å². The summed E-state index contributed by atoms with van der Waals surface area (Å²) in [7, 11) is 0. The first-order valence-electron chi connectivity index (χ1n) is 7.02. The van der Waals surface area contributed by atoms with E-state index in [1.807, 2.05) is 30.3 Å². The molecule has 1 heterocycles. The number of rotatable bonds is 4. The lowest BCUT2D eigenvalue weighted by Crippen LogP contribution is -2.05. The van der Waals surface area contributed by atoms with Crippen molar-refractivity contribution in [2.45, 2.75) is 0 Å². The molecule has 0 bridgehead atoms. The van der Waals surface area contributed by atoms with E-state index in [-0.39, 0.29) is 5.82 Å². The maximum absolute atomic E-state index is 13.1. The van der Waals surface area contributed by atoms with Crippen LogP contribution >= 0.6 is 0 Å². The molecule has 1 aromatic heterocycles. The molecule has 0 atom stereocenters. The van der Waals surface area contributed by atoms with Gasteiger partial charge < -0.3 is 5.73 Å². The number of carbonyl (C=O) groups is 1. The average molecular weight is 307 g/mol. The lowest BCUT2D eigenvalue weighted by atomic mass is 10.1. The second kappa shape index (κ2) is 6.27. The average Bonchev–Trinajstić information content (AvgIpc) is 2.99. The molecule has 0 aliphatic carbocycles. The van der Waals surface area contributed by atoms with Gasteiger partial charge in [-0.05, 0) is 42.5 Å². The molecular formula is C18H14FN3O. The Balaban J connectivity index is 2.10. The fourth-order valence-corrected chi connectivity index (χ4v) is 2.23. The van der Waals surface area contributed by atoms with Gasteiger partial charge in [0.15, 0.2) is 0 Å². The van der Waals surface area contributed by atoms with Gasteiger partial charge in [-0.25, -0.2) is 9.07 Å². The van der Waals surface area contributed by atoms with Gasteiger partial charge in [0.2, 0.25) is 5.91 Å². The molecule has 0 saturated carbocycles. The van der Waals surface area contributed by atoms with Crippen LogP contribution in [0, 0.1) is 5.82 Å². The molecule has 0 fully saturated rings. The van der Waals surface area contributed by atoms with E-state index in [0.29, 0.717) is 5.69 Å². The van der Waals surface area contributed by atoms with Gasteiger partial charge in [0.25, 0.3) is 0 Å². The van der Waals surface area contributed by atoms with Crippen LogP contribution in [0.25, 0.3) is 23.0 Å². The van der Waals surface area contributed by atoms with Crippen molar-refractivity contribution in [3.8, 4) is 16.9 Å². The molecule has 0 unspecified atom stereocenters. The lowest BCUT2D eigenvalue weighted by molar-refractivity contribution is -0.113. The number of amides is 1. The second-order valence-corrected chi connectivity index (χ2v) is 4.96. The number of nitrogens with two attached hydrogens (primary N) is 1. The summed E-state index contributed by atoms with van der Waals surface area (Å²) in [6, 6.07) is 15.6. The van der Waals surface area contributed by atoms with Crippen LogP contribution in [0.3, 0.4) is 0 Å². The molecule has 1 amide bonds. The zero-order chi connectivity index (χ0) is 16.2. The van der Waals surface area contributed by atoms with Gasteiger partial charge >= 0.3 is 0 Å². The molecule has 3 rings (SSSR count). The second-order valence-electron chi connectivity index (χ2n) is 4.96. The van der Waals surface area contributed by atoms with Gasteiger partial charge in [-0.1, -0.05) is 18.2 Å². The van der Waals surface area contributed by atoms with E-state index in [0.717, 1.165) is 16.8 Å². The SMILES string of the molecule is NC(=O)/C=C/c1cn(-c2ccccc2)nc1-c1ccc(F)cc1. The number of benzene rings is 2. The Labute approximate surface area is 132 Å². The highest BCUT2D eigenvalue weighted by atomic mass is 19.1. The summed E-state index contributed by atoms with van der Waals surface area (Å²) in [6.45, 7) is 0. The van der Waals surface area contributed by atoms with Crippen LogP contribution < -0.4 is 5.73 Å². The summed E-state index contributed by atoms with van der Waals surface area (Å²) in [5.74, 6) is -0.854. The monoisotopic (exact) mass is 307 g/mol. The highest BCUT2D eigenvalue weighted by Crippen LogP contribution is 2.25. The Hall–Kier alpha value is -3.21. The van der Waals surface area contributed by atoms with Crippen molar-refractivity contribution < 1.29 is 9.18 Å². The molecule has 2 aromatic carbocycles. The van der Waals surface area contributed by atoms with Crippen LogP contribution in [0.4, 0.5) is 4.39 Å². The molecule has 5 heteroatoms. The third-order valence-corrected chi connectivity index (χ3v) is 3.31. The predicted octanol–water partition coefficient (Wildman–Crippen LogP) is 3.18. The summed E-state index contributed by atoms with van der Waals surface area (Å²) < 4.78 is 14.8. The molecule has 0 aliphatic heterocycles. The molecule has 3 aromatic rings. The molecule has 4 nitrogen and oxygen atoms in total. The van der Waals surface area contributed by atoms with Gasteiger partial charge in [0.1, 0.15) is 5.82 Å². The Bertz CT molecular complexity index is 852. The highest BCUT2D eigenvalue weighted by molar-refractivity contribution is 5.91. The van der Waals surface area contributed by atoms with E-state index in [9.17, 15) is 9.18 Å². The van der Waals surface area contributed by atoms with Crippen molar-refractivity contribution >= 4 is 12.0 Å².